The highest BCUT2D eigenvalue weighted by Gasteiger charge is 2.56. The molecule has 220 valence electrons. The van der Waals surface area contributed by atoms with Gasteiger partial charge in [0.05, 0.1) is 22.9 Å². The molecule has 5 rings (SSSR count). The van der Waals surface area contributed by atoms with Crippen LogP contribution in [0.5, 0.6) is 0 Å². The molecule has 4 aromatic carbocycles. The standard InChI is InChI=1S/C36H36N2O5/c1-25-18-20-28(21-19-25)31-32(34(39)42-23-26-12-6-3-7-13-26)30(38-37-29-16-10-5-11-17-29)22-36(2,41)33(31)35(40)43-24-27-14-8-4-9-15-27/h3-21,31-33,37,41H,22-24H2,1-2H3/b38-30-/t31-,32+,33+,36-/m1/s1. The first-order valence-corrected chi connectivity index (χ1v) is 14.4. The fourth-order valence-corrected chi connectivity index (χ4v) is 5.62. The van der Waals surface area contributed by atoms with Crippen LogP contribution >= 0.6 is 0 Å². The van der Waals surface area contributed by atoms with Crippen molar-refractivity contribution < 1.29 is 24.2 Å². The van der Waals surface area contributed by atoms with Crippen molar-refractivity contribution in [2.45, 2.75) is 45.0 Å². The van der Waals surface area contributed by atoms with E-state index in [1.165, 1.54) is 0 Å². The van der Waals surface area contributed by atoms with Gasteiger partial charge in [0.2, 0.25) is 0 Å². The lowest BCUT2D eigenvalue weighted by Crippen LogP contribution is -2.55. The fourth-order valence-electron chi connectivity index (χ4n) is 5.62. The highest BCUT2D eigenvalue weighted by atomic mass is 16.5. The zero-order chi connectivity index (χ0) is 30.2. The van der Waals surface area contributed by atoms with Gasteiger partial charge in [0.1, 0.15) is 19.1 Å². The molecule has 0 spiro atoms. The summed E-state index contributed by atoms with van der Waals surface area (Å²) in [6.07, 6.45) is -0.0363. The summed E-state index contributed by atoms with van der Waals surface area (Å²) in [5, 5.41) is 16.5. The van der Waals surface area contributed by atoms with E-state index in [4.69, 9.17) is 9.47 Å². The predicted octanol–water partition coefficient (Wildman–Crippen LogP) is 6.42. The Bertz CT molecular complexity index is 1540. The Morgan fingerprint density at radius 2 is 1.30 bits per heavy atom. The van der Waals surface area contributed by atoms with Crippen molar-refractivity contribution in [2.24, 2.45) is 16.9 Å². The average molecular weight is 577 g/mol. The van der Waals surface area contributed by atoms with Crippen molar-refractivity contribution in [1.82, 2.24) is 0 Å². The van der Waals surface area contributed by atoms with E-state index in [0.29, 0.717) is 11.3 Å². The average Bonchev–Trinajstić information content (AvgIpc) is 3.02. The number of para-hydroxylation sites is 1. The van der Waals surface area contributed by atoms with E-state index >= 15 is 0 Å². The van der Waals surface area contributed by atoms with Crippen molar-refractivity contribution >= 4 is 23.3 Å². The Kier molecular flexibility index (Phi) is 9.32. The van der Waals surface area contributed by atoms with Crippen LogP contribution in [0.2, 0.25) is 0 Å². The molecule has 43 heavy (non-hydrogen) atoms. The van der Waals surface area contributed by atoms with Gasteiger partial charge in [-0.2, -0.15) is 5.10 Å². The number of benzene rings is 4. The van der Waals surface area contributed by atoms with E-state index in [9.17, 15) is 14.7 Å². The first kappa shape index (κ1) is 29.7. The van der Waals surface area contributed by atoms with Crippen LogP contribution in [0, 0.1) is 18.8 Å². The van der Waals surface area contributed by atoms with E-state index in [-0.39, 0.29) is 19.6 Å². The lowest BCUT2D eigenvalue weighted by molar-refractivity contribution is -0.165. The second kappa shape index (κ2) is 13.5. The molecule has 1 aliphatic rings. The first-order chi connectivity index (χ1) is 20.8. The van der Waals surface area contributed by atoms with Gasteiger partial charge >= 0.3 is 11.9 Å². The van der Waals surface area contributed by atoms with E-state index in [1.54, 1.807) is 6.92 Å². The number of anilines is 1. The Labute approximate surface area is 252 Å². The monoisotopic (exact) mass is 576 g/mol. The molecule has 0 aliphatic heterocycles. The lowest BCUT2D eigenvalue weighted by atomic mass is 9.61. The Hall–Kier alpha value is -4.75. The second-order valence-electron chi connectivity index (χ2n) is 11.2. The summed E-state index contributed by atoms with van der Waals surface area (Å²) in [4.78, 5) is 27.9. The number of hydrogen-bond acceptors (Lipinski definition) is 7. The number of carbonyl (C=O) groups is 2. The number of carbonyl (C=O) groups excluding carboxylic acids is 2. The minimum absolute atomic E-state index is 0.0363. The molecule has 1 saturated carbocycles. The third-order valence-electron chi connectivity index (χ3n) is 7.81. The number of hydrazone groups is 1. The van der Waals surface area contributed by atoms with Crippen LogP contribution in [-0.2, 0) is 32.3 Å². The minimum atomic E-state index is -1.57. The van der Waals surface area contributed by atoms with Gasteiger partial charge in [0, 0.05) is 12.3 Å². The molecule has 0 amide bonds. The van der Waals surface area contributed by atoms with Crippen molar-refractivity contribution in [3.8, 4) is 0 Å². The molecular weight excluding hydrogens is 540 g/mol. The van der Waals surface area contributed by atoms with Gasteiger partial charge in [-0.3, -0.25) is 15.0 Å². The highest BCUT2D eigenvalue weighted by Crippen LogP contribution is 2.47. The largest absolute Gasteiger partial charge is 0.461 e. The maximum absolute atomic E-state index is 14.0. The number of nitrogens with zero attached hydrogens (tertiary/aromatic N) is 1. The van der Waals surface area contributed by atoms with Crippen LogP contribution in [0.15, 0.2) is 120 Å². The third kappa shape index (κ3) is 7.37. The molecule has 0 unspecified atom stereocenters. The summed E-state index contributed by atoms with van der Waals surface area (Å²) < 4.78 is 11.7. The summed E-state index contributed by atoms with van der Waals surface area (Å²) in [5.41, 5.74) is 5.98. The molecule has 0 aromatic heterocycles. The van der Waals surface area contributed by atoms with Crippen LogP contribution in [0.3, 0.4) is 0 Å². The lowest BCUT2D eigenvalue weighted by Gasteiger charge is -2.45. The molecule has 0 heterocycles. The van der Waals surface area contributed by atoms with Crippen LogP contribution in [-0.4, -0.2) is 28.4 Å². The molecule has 0 bridgehead atoms. The predicted molar refractivity (Wildman–Crippen MR) is 166 cm³/mol. The van der Waals surface area contributed by atoms with Crippen molar-refractivity contribution in [2.75, 3.05) is 5.43 Å². The van der Waals surface area contributed by atoms with E-state index in [2.05, 4.69) is 10.5 Å². The van der Waals surface area contributed by atoms with Gasteiger partial charge in [-0.1, -0.05) is 109 Å². The van der Waals surface area contributed by atoms with Crippen molar-refractivity contribution in [1.29, 1.82) is 0 Å². The van der Waals surface area contributed by atoms with Crippen LogP contribution in [0.25, 0.3) is 0 Å². The molecule has 4 aromatic rings. The molecule has 2 N–H and O–H groups in total. The maximum atomic E-state index is 14.0. The summed E-state index contributed by atoms with van der Waals surface area (Å²) in [5.74, 6) is -3.94. The zero-order valence-corrected chi connectivity index (χ0v) is 24.4. The summed E-state index contributed by atoms with van der Waals surface area (Å²) in [6.45, 7) is 3.68. The molecule has 7 heteroatoms. The van der Waals surface area contributed by atoms with E-state index < -0.39 is 35.3 Å². The van der Waals surface area contributed by atoms with Gasteiger partial charge in [0.15, 0.2) is 0 Å². The second-order valence-corrected chi connectivity index (χ2v) is 11.2. The number of nitrogens with one attached hydrogen (secondary N) is 1. The van der Waals surface area contributed by atoms with Gasteiger partial charge < -0.3 is 14.6 Å². The van der Waals surface area contributed by atoms with Crippen molar-refractivity contribution in [3.05, 3.63) is 138 Å². The fraction of sp³-hybridized carbons (Fsp3) is 0.250. The van der Waals surface area contributed by atoms with Crippen LogP contribution < -0.4 is 5.43 Å². The van der Waals surface area contributed by atoms with E-state index in [0.717, 1.165) is 22.4 Å². The summed E-state index contributed by atoms with van der Waals surface area (Å²) in [6, 6.07) is 35.8. The maximum Gasteiger partial charge on any atom is 0.315 e. The van der Waals surface area contributed by atoms with Gasteiger partial charge in [-0.05, 0) is 42.7 Å². The number of aryl methyl sites for hydroxylation is 1. The van der Waals surface area contributed by atoms with E-state index in [1.807, 2.05) is 122 Å². The molecule has 0 saturated heterocycles. The molecule has 1 fully saturated rings. The van der Waals surface area contributed by atoms with Crippen LogP contribution in [0.4, 0.5) is 5.69 Å². The van der Waals surface area contributed by atoms with Gasteiger partial charge in [-0.15, -0.1) is 0 Å². The summed E-state index contributed by atoms with van der Waals surface area (Å²) >= 11 is 0. The minimum Gasteiger partial charge on any atom is -0.461 e. The summed E-state index contributed by atoms with van der Waals surface area (Å²) in [7, 11) is 0. The quantitative estimate of drug-likeness (QED) is 0.176. The van der Waals surface area contributed by atoms with Gasteiger partial charge in [-0.25, -0.2) is 0 Å². The number of aliphatic hydroxyl groups is 1. The SMILES string of the molecule is Cc1ccc([C@H]2[C@@H](C(=O)OCc3ccccc3)[C@](C)(O)C/C(=N/Nc3ccccc3)[C@@H]2C(=O)OCc2ccccc2)cc1. The van der Waals surface area contributed by atoms with Crippen molar-refractivity contribution in [3.63, 3.8) is 0 Å². The van der Waals surface area contributed by atoms with Gasteiger partial charge in [0.25, 0.3) is 0 Å². The Morgan fingerprint density at radius 3 is 1.86 bits per heavy atom. The number of esters is 2. The Balaban J connectivity index is 1.54. The molecular formula is C36H36N2O5. The van der Waals surface area contributed by atoms with Crippen LogP contribution in [0.1, 0.15) is 41.5 Å². The molecule has 7 nitrogen and oxygen atoms in total. The molecule has 0 radical (unpaired) electrons. The zero-order valence-electron chi connectivity index (χ0n) is 24.4. The molecule has 1 aliphatic carbocycles. The molecule has 4 atom stereocenters. The first-order valence-electron chi connectivity index (χ1n) is 14.4. The number of hydrogen-bond donors (Lipinski definition) is 2. The smallest absolute Gasteiger partial charge is 0.315 e. The number of ether oxygens (including phenoxy) is 2. The Morgan fingerprint density at radius 1 is 0.791 bits per heavy atom. The highest BCUT2D eigenvalue weighted by molar-refractivity contribution is 6.06. The topological polar surface area (TPSA) is 97.2 Å². The third-order valence-corrected chi connectivity index (χ3v) is 7.81. The number of rotatable bonds is 9. The normalized spacial score (nSPS) is 22.5.